The lowest BCUT2D eigenvalue weighted by Gasteiger charge is -2.18. The van der Waals surface area contributed by atoms with Crippen LogP contribution in [0.2, 0.25) is 0 Å². The third-order valence-electron chi connectivity index (χ3n) is 5.13. The summed E-state index contributed by atoms with van der Waals surface area (Å²) in [4.78, 5) is 14.5. The summed E-state index contributed by atoms with van der Waals surface area (Å²) < 4.78 is 0. The fourth-order valence-corrected chi connectivity index (χ4v) is 3.95. The number of nitrogens with two attached hydrogens (primary N) is 1. The van der Waals surface area contributed by atoms with Crippen molar-refractivity contribution in [2.45, 2.75) is 37.6 Å². The van der Waals surface area contributed by atoms with Crippen molar-refractivity contribution in [3.8, 4) is 0 Å². The minimum Gasteiger partial charge on any atom is -0.352 e. The molecule has 1 aliphatic carbocycles. The van der Waals surface area contributed by atoms with Crippen LogP contribution in [-0.2, 0) is 4.79 Å². The summed E-state index contributed by atoms with van der Waals surface area (Å²) in [5.74, 6) is 1.07. The topological polar surface area (TPSA) is 58.4 Å². The third kappa shape index (κ3) is 3.68. The van der Waals surface area contributed by atoms with Gasteiger partial charge in [0, 0.05) is 25.0 Å². The van der Waals surface area contributed by atoms with Crippen molar-refractivity contribution in [2.75, 3.05) is 26.2 Å². The highest BCUT2D eigenvalue weighted by molar-refractivity contribution is 5.78. The van der Waals surface area contributed by atoms with Crippen molar-refractivity contribution in [3.05, 3.63) is 35.9 Å². The van der Waals surface area contributed by atoms with Gasteiger partial charge in [0.1, 0.15) is 0 Å². The Balaban J connectivity index is 1.56. The number of amides is 1. The van der Waals surface area contributed by atoms with E-state index in [-0.39, 0.29) is 5.91 Å². The molecule has 2 fully saturated rings. The highest BCUT2D eigenvalue weighted by Gasteiger charge is 2.33. The lowest BCUT2D eigenvalue weighted by molar-refractivity contribution is -0.122. The molecule has 1 aliphatic heterocycles. The number of hydrogen-bond donors (Lipinski definition) is 2. The monoisotopic (exact) mass is 301 g/mol. The smallest absolute Gasteiger partial charge is 0.234 e. The summed E-state index contributed by atoms with van der Waals surface area (Å²) in [5, 5.41) is 3.18. The summed E-state index contributed by atoms with van der Waals surface area (Å²) in [7, 11) is 0. The van der Waals surface area contributed by atoms with E-state index in [1.165, 1.54) is 18.4 Å². The van der Waals surface area contributed by atoms with Crippen LogP contribution in [0, 0.1) is 5.92 Å². The Labute approximate surface area is 133 Å². The van der Waals surface area contributed by atoms with Gasteiger partial charge < -0.3 is 11.1 Å². The number of hydrogen-bond acceptors (Lipinski definition) is 3. The standard InChI is InChI=1S/C18H27N3O/c19-10-15-11-21(12-17(15)14-6-2-1-3-7-14)13-18(22)20-16-8-4-5-9-16/h1-3,6-7,15-17H,4-5,8-13,19H2,(H,20,22)/t15-,17+/m1/s1. The molecule has 120 valence electrons. The molecule has 22 heavy (non-hydrogen) atoms. The number of benzene rings is 1. The number of nitrogens with one attached hydrogen (secondary N) is 1. The number of carbonyl (C=O) groups excluding carboxylic acids is 1. The fourth-order valence-electron chi connectivity index (χ4n) is 3.95. The van der Waals surface area contributed by atoms with Gasteiger partial charge in [-0.05, 0) is 30.9 Å². The maximum Gasteiger partial charge on any atom is 0.234 e. The summed E-state index contributed by atoms with van der Waals surface area (Å²) >= 11 is 0. The number of likely N-dealkylation sites (tertiary alicyclic amines) is 1. The van der Waals surface area contributed by atoms with Crippen molar-refractivity contribution in [1.82, 2.24) is 10.2 Å². The average Bonchev–Trinajstić information content (AvgIpc) is 3.17. The third-order valence-corrected chi connectivity index (χ3v) is 5.13. The molecule has 4 heteroatoms. The quantitative estimate of drug-likeness (QED) is 0.870. The summed E-state index contributed by atoms with van der Waals surface area (Å²) in [6.45, 7) is 3.05. The second-order valence-electron chi connectivity index (χ2n) is 6.76. The molecule has 3 rings (SSSR count). The number of carbonyl (C=O) groups is 1. The number of rotatable bonds is 5. The van der Waals surface area contributed by atoms with Gasteiger partial charge >= 0.3 is 0 Å². The maximum absolute atomic E-state index is 12.2. The molecule has 0 aromatic heterocycles. The van der Waals surface area contributed by atoms with Crippen LogP contribution in [0.15, 0.2) is 30.3 Å². The van der Waals surface area contributed by atoms with Crippen molar-refractivity contribution in [2.24, 2.45) is 11.7 Å². The molecular weight excluding hydrogens is 274 g/mol. The van der Waals surface area contributed by atoms with Gasteiger partial charge in [-0.25, -0.2) is 0 Å². The van der Waals surface area contributed by atoms with Crippen LogP contribution < -0.4 is 11.1 Å². The Kier molecular flexibility index (Phi) is 5.11. The van der Waals surface area contributed by atoms with Gasteiger partial charge in [-0.2, -0.15) is 0 Å². The van der Waals surface area contributed by atoms with Crippen molar-refractivity contribution in [1.29, 1.82) is 0 Å². The molecule has 2 atom stereocenters. The van der Waals surface area contributed by atoms with Gasteiger partial charge in [0.15, 0.2) is 0 Å². The molecule has 2 aliphatic rings. The van der Waals surface area contributed by atoms with Crippen LogP contribution in [0.3, 0.4) is 0 Å². The number of nitrogens with zero attached hydrogens (tertiary/aromatic N) is 1. The molecule has 1 amide bonds. The van der Waals surface area contributed by atoms with Crippen molar-refractivity contribution < 1.29 is 4.79 Å². The van der Waals surface area contributed by atoms with Crippen LogP contribution in [0.5, 0.6) is 0 Å². The van der Waals surface area contributed by atoms with Crippen LogP contribution in [0.1, 0.15) is 37.2 Å². The predicted molar refractivity (Wildman–Crippen MR) is 88.6 cm³/mol. The second-order valence-corrected chi connectivity index (χ2v) is 6.76. The zero-order chi connectivity index (χ0) is 15.4. The molecular formula is C18H27N3O. The van der Waals surface area contributed by atoms with Crippen LogP contribution in [0.4, 0.5) is 0 Å². The van der Waals surface area contributed by atoms with E-state index in [1.807, 2.05) is 6.07 Å². The summed E-state index contributed by atoms with van der Waals surface area (Å²) in [6.07, 6.45) is 4.79. The lowest BCUT2D eigenvalue weighted by atomic mass is 9.89. The Morgan fingerprint density at radius 2 is 1.91 bits per heavy atom. The normalized spacial score (nSPS) is 26.4. The lowest BCUT2D eigenvalue weighted by Crippen LogP contribution is -2.40. The zero-order valence-electron chi connectivity index (χ0n) is 13.2. The molecule has 0 unspecified atom stereocenters. The zero-order valence-corrected chi connectivity index (χ0v) is 13.2. The molecule has 1 saturated heterocycles. The molecule has 0 bridgehead atoms. The predicted octanol–water partition coefficient (Wildman–Crippen LogP) is 1.72. The minimum atomic E-state index is 0.177. The van der Waals surface area contributed by atoms with E-state index in [1.54, 1.807) is 0 Å². The van der Waals surface area contributed by atoms with E-state index in [9.17, 15) is 4.79 Å². The van der Waals surface area contributed by atoms with E-state index in [4.69, 9.17) is 5.73 Å². The maximum atomic E-state index is 12.2. The van der Waals surface area contributed by atoms with Gasteiger partial charge in [0.25, 0.3) is 0 Å². The Morgan fingerprint density at radius 1 is 1.18 bits per heavy atom. The van der Waals surface area contributed by atoms with Crippen molar-refractivity contribution >= 4 is 5.91 Å². The highest BCUT2D eigenvalue weighted by Crippen LogP contribution is 2.31. The SMILES string of the molecule is NC[C@@H]1CN(CC(=O)NC2CCCC2)C[C@H]1c1ccccc1. The van der Waals surface area contributed by atoms with Gasteiger partial charge in [-0.1, -0.05) is 43.2 Å². The molecule has 3 N–H and O–H groups in total. The largest absolute Gasteiger partial charge is 0.352 e. The first-order valence-electron chi connectivity index (χ1n) is 8.53. The van der Waals surface area contributed by atoms with E-state index < -0.39 is 0 Å². The molecule has 1 saturated carbocycles. The fraction of sp³-hybridized carbons (Fsp3) is 0.611. The summed E-state index contributed by atoms with van der Waals surface area (Å²) in [6, 6.07) is 11.0. The van der Waals surface area contributed by atoms with Gasteiger partial charge in [0.2, 0.25) is 5.91 Å². The van der Waals surface area contributed by atoms with E-state index in [2.05, 4.69) is 34.5 Å². The Morgan fingerprint density at radius 3 is 2.59 bits per heavy atom. The van der Waals surface area contributed by atoms with Crippen molar-refractivity contribution in [3.63, 3.8) is 0 Å². The van der Waals surface area contributed by atoms with Crippen LogP contribution in [0.25, 0.3) is 0 Å². The molecule has 0 radical (unpaired) electrons. The van der Waals surface area contributed by atoms with E-state index in [0.717, 1.165) is 25.9 Å². The molecule has 4 nitrogen and oxygen atoms in total. The Bertz CT molecular complexity index is 484. The molecule has 1 heterocycles. The molecule has 1 aromatic carbocycles. The van der Waals surface area contributed by atoms with Crippen LogP contribution in [-0.4, -0.2) is 43.0 Å². The molecule has 1 aromatic rings. The van der Waals surface area contributed by atoms with E-state index >= 15 is 0 Å². The van der Waals surface area contributed by atoms with Gasteiger partial charge in [0.05, 0.1) is 6.54 Å². The second kappa shape index (κ2) is 7.25. The summed E-state index contributed by atoms with van der Waals surface area (Å²) in [5.41, 5.74) is 7.30. The first kappa shape index (κ1) is 15.5. The first-order valence-corrected chi connectivity index (χ1v) is 8.53. The average molecular weight is 301 g/mol. The van der Waals surface area contributed by atoms with E-state index in [0.29, 0.717) is 31.0 Å². The van der Waals surface area contributed by atoms with Crippen LogP contribution >= 0.6 is 0 Å². The minimum absolute atomic E-state index is 0.177. The molecule has 0 spiro atoms. The van der Waals surface area contributed by atoms with Gasteiger partial charge in [-0.15, -0.1) is 0 Å². The van der Waals surface area contributed by atoms with Gasteiger partial charge in [-0.3, -0.25) is 9.69 Å². The first-order chi connectivity index (χ1) is 10.8. The Hall–Kier alpha value is -1.39. The highest BCUT2D eigenvalue weighted by atomic mass is 16.2.